The van der Waals surface area contributed by atoms with Gasteiger partial charge in [-0.2, -0.15) is 0 Å². The number of likely N-dealkylation sites (N-methyl/N-ethyl adjacent to an activating group) is 2. The predicted octanol–water partition coefficient (Wildman–Crippen LogP) is 1.08. The molecule has 3 nitrogen and oxygen atoms in total. The number of hydrogen-bond donors (Lipinski definition) is 2. The van der Waals surface area contributed by atoms with E-state index in [1.54, 1.807) is 0 Å². The van der Waals surface area contributed by atoms with Gasteiger partial charge in [0.15, 0.2) is 0 Å². The van der Waals surface area contributed by atoms with E-state index < -0.39 is 0 Å². The fourth-order valence-electron chi connectivity index (χ4n) is 2.54. The smallest absolute Gasteiger partial charge is 0.0578 e. The highest BCUT2D eigenvalue weighted by molar-refractivity contribution is 4.85. The van der Waals surface area contributed by atoms with Gasteiger partial charge < -0.3 is 15.3 Å². The van der Waals surface area contributed by atoms with Gasteiger partial charge in [-0.1, -0.05) is 20.8 Å². The average Bonchev–Trinajstić information content (AvgIpc) is 2.28. The summed E-state index contributed by atoms with van der Waals surface area (Å²) < 4.78 is 0. The lowest BCUT2D eigenvalue weighted by atomic mass is 9.88. The van der Waals surface area contributed by atoms with Crippen molar-refractivity contribution in [3.63, 3.8) is 0 Å². The molecule has 1 heterocycles. The SMILES string of the molecule is CCNC1CC(C(O)CC)CN(CC)C1. The summed E-state index contributed by atoms with van der Waals surface area (Å²) in [4.78, 5) is 2.44. The summed E-state index contributed by atoms with van der Waals surface area (Å²) in [5.41, 5.74) is 0. The van der Waals surface area contributed by atoms with Crippen molar-refractivity contribution < 1.29 is 5.11 Å². The second kappa shape index (κ2) is 6.46. The molecule has 1 rings (SSSR count). The zero-order chi connectivity index (χ0) is 11.3. The van der Waals surface area contributed by atoms with E-state index in [-0.39, 0.29) is 6.10 Å². The molecule has 0 spiro atoms. The van der Waals surface area contributed by atoms with Gasteiger partial charge in [-0.25, -0.2) is 0 Å². The quantitative estimate of drug-likeness (QED) is 0.719. The molecular formula is C12H26N2O. The van der Waals surface area contributed by atoms with Gasteiger partial charge in [-0.05, 0) is 31.8 Å². The summed E-state index contributed by atoms with van der Waals surface area (Å²) in [7, 11) is 0. The highest BCUT2D eigenvalue weighted by Crippen LogP contribution is 2.21. The number of piperidine rings is 1. The Labute approximate surface area is 93.9 Å². The largest absolute Gasteiger partial charge is 0.393 e. The Balaban J connectivity index is 2.50. The van der Waals surface area contributed by atoms with Crippen LogP contribution in [0.4, 0.5) is 0 Å². The van der Waals surface area contributed by atoms with Gasteiger partial charge in [0, 0.05) is 19.1 Å². The first-order chi connectivity index (χ1) is 7.21. The van der Waals surface area contributed by atoms with E-state index in [2.05, 4.69) is 31.0 Å². The third-order valence-electron chi connectivity index (χ3n) is 3.46. The Bertz CT molecular complexity index is 175. The number of likely N-dealkylation sites (tertiary alicyclic amines) is 1. The molecular weight excluding hydrogens is 188 g/mol. The van der Waals surface area contributed by atoms with Crippen LogP contribution in [0.3, 0.4) is 0 Å². The molecule has 0 amide bonds. The van der Waals surface area contributed by atoms with Crippen molar-refractivity contribution >= 4 is 0 Å². The molecule has 0 aliphatic carbocycles. The van der Waals surface area contributed by atoms with Crippen LogP contribution in [0.15, 0.2) is 0 Å². The Kier molecular flexibility index (Phi) is 5.58. The molecule has 1 fully saturated rings. The second-order valence-electron chi connectivity index (χ2n) is 4.58. The van der Waals surface area contributed by atoms with Gasteiger partial charge in [-0.3, -0.25) is 0 Å². The molecule has 1 aliphatic heterocycles. The molecule has 3 heteroatoms. The number of aliphatic hydroxyl groups is 1. The maximum Gasteiger partial charge on any atom is 0.0578 e. The molecule has 0 aromatic rings. The number of nitrogens with zero attached hydrogens (tertiary/aromatic N) is 1. The Hall–Kier alpha value is -0.120. The molecule has 0 aromatic carbocycles. The normalized spacial score (nSPS) is 30.4. The van der Waals surface area contributed by atoms with Gasteiger partial charge in [-0.15, -0.1) is 0 Å². The highest BCUT2D eigenvalue weighted by atomic mass is 16.3. The third-order valence-corrected chi connectivity index (χ3v) is 3.46. The summed E-state index contributed by atoms with van der Waals surface area (Å²) >= 11 is 0. The molecule has 90 valence electrons. The fourth-order valence-corrected chi connectivity index (χ4v) is 2.54. The average molecular weight is 214 g/mol. The van der Waals surface area contributed by atoms with Crippen molar-refractivity contribution in [1.82, 2.24) is 10.2 Å². The molecule has 0 saturated carbocycles. The van der Waals surface area contributed by atoms with Gasteiger partial charge in [0.25, 0.3) is 0 Å². The third kappa shape index (κ3) is 3.74. The monoisotopic (exact) mass is 214 g/mol. The van der Waals surface area contributed by atoms with Crippen molar-refractivity contribution in [1.29, 1.82) is 0 Å². The van der Waals surface area contributed by atoms with Crippen LogP contribution in [0.2, 0.25) is 0 Å². The van der Waals surface area contributed by atoms with Gasteiger partial charge in [0.2, 0.25) is 0 Å². The summed E-state index contributed by atoms with van der Waals surface area (Å²) in [5.74, 6) is 0.452. The number of hydrogen-bond acceptors (Lipinski definition) is 3. The van der Waals surface area contributed by atoms with Crippen LogP contribution in [0.1, 0.15) is 33.6 Å². The Morgan fingerprint density at radius 1 is 1.33 bits per heavy atom. The first-order valence-corrected chi connectivity index (χ1v) is 6.35. The minimum Gasteiger partial charge on any atom is -0.393 e. The van der Waals surface area contributed by atoms with E-state index in [0.717, 1.165) is 39.0 Å². The Morgan fingerprint density at radius 3 is 2.60 bits per heavy atom. The van der Waals surface area contributed by atoms with Crippen molar-refractivity contribution in [2.24, 2.45) is 5.92 Å². The van der Waals surface area contributed by atoms with Crippen LogP contribution in [0.25, 0.3) is 0 Å². The summed E-state index contributed by atoms with van der Waals surface area (Å²) in [6.45, 7) is 10.7. The fraction of sp³-hybridized carbons (Fsp3) is 1.00. The molecule has 0 radical (unpaired) electrons. The van der Waals surface area contributed by atoms with Crippen molar-refractivity contribution in [2.45, 2.75) is 45.8 Å². The zero-order valence-corrected chi connectivity index (χ0v) is 10.4. The topological polar surface area (TPSA) is 35.5 Å². The first-order valence-electron chi connectivity index (χ1n) is 6.35. The molecule has 1 saturated heterocycles. The van der Waals surface area contributed by atoms with E-state index in [4.69, 9.17) is 0 Å². The van der Waals surface area contributed by atoms with E-state index >= 15 is 0 Å². The Morgan fingerprint density at radius 2 is 2.07 bits per heavy atom. The van der Waals surface area contributed by atoms with Crippen molar-refractivity contribution in [2.75, 3.05) is 26.2 Å². The molecule has 1 aliphatic rings. The molecule has 15 heavy (non-hydrogen) atoms. The second-order valence-corrected chi connectivity index (χ2v) is 4.58. The highest BCUT2D eigenvalue weighted by Gasteiger charge is 2.29. The van der Waals surface area contributed by atoms with E-state index in [0.29, 0.717) is 12.0 Å². The van der Waals surface area contributed by atoms with Crippen LogP contribution < -0.4 is 5.32 Å². The van der Waals surface area contributed by atoms with Gasteiger partial charge in [0.1, 0.15) is 0 Å². The first kappa shape index (κ1) is 12.9. The molecule has 3 unspecified atom stereocenters. The van der Waals surface area contributed by atoms with Crippen molar-refractivity contribution in [3.8, 4) is 0 Å². The van der Waals surface area contributed by atoms with E-state index in [9.17, 15) is 5.11 Å². The van der Waals surface area contributed by atoms with Gasteiger partial charge in [0.05, 0.1) is 6.10 Å². The maximum atomic E-state index is 9.93. The summed E-state index contributed by atoms with van der Waals surface area (Å²) in [6, 6.07) is 0.565. The van der Waals surface area contributed by atoms with Crippen LogP contribution in [-0.2, 0) is 0 Å². The molecule has 0 bridgehead atoms. The molecule has 0 aromatic heterocycles. The lowest BCUT2D eigenvalue weighted by Crippen LogP contribution is -2.51. The van der Waals surface area contributed by atoms with Crippen LogP contribution >= 0.6 is 0 Å². The van der Waals surface area contributed by atoms with Crippen LogP contribution in [-0.4, -0.2) is 48.3 Å². The van der Waals surface area contributed by atoms with E-state index in [1.807, 2.05) is 0 Å². The zero-order valence-electron chi connectivity index (χ0n) is 10.4. The summed E-state index contributed by atoms with van der Waals surface area (Å²) in [5, 5.41) is 13.4. The summed E-state index contributed by atoms with van der Waals surface area (Å²) in [6.07, 6.45) is 1.88. The van der Waals surface area contributed by atoms with Crippen molar-refractivity contribution in [3.05, 3.63) is 0 Å². The van der Waals surface area contributed by atoms with Gasteiger partial charge >= 0.3 is 0 Å². The molecule has 2 N–H and O–H groups in total. The van der Waals surface area contributed by atoms with E-state index in [1.165, 1.54) is 0 Å². The standard InChI is InChI=1S/C12H26N2O/c1-4-12(15)10-7-11(13-5-2)9-14(6-3)8-10/h10-13,15H,4-9H2,1-3H3. The lowest BCUT2D eigenvalue weighted by Gasteiger charge is -2.39. The number of nitrogens with one attached hydrogen (secondary N) is 1. The van der Waals surface area contributed by atoms with Crippen LogP contribution in [0, 0.1) is 5.92 Å². The minimum absolute atomic E-state index is 0.125. The predicted molar refractivity (Wildman–Crippen MR) is 64.0 cm³/mol. The van der Waals surface area contributed by atoms with Crippen LogP contribution in [0.5, 0.6) is 0 Å². The minimum atomic E-state index is -0.125. The molecule has 3 atom stereocenters. The number of rotatable bonds is 5. The number of aliphatic hydroxyl groups excluding tert-OH is 1. The lowest BCUT2D eigenvalue weighted by molar-refractivity contribution is 0.0378. The maximum absolute atomic E-state index is 9.93.